The van der Waals surface area contributed by atoms with E-state index in [1.54, 1.807) is 0 Å². The summed E-state index contributed by atoms with van der Waals surface area (Å²) in [5, 5.41) is 3.42. The Bertz CT molecular complexity index is 258. The molecule has 0 aromatic heterocycles. The van der Waals surface area contributed by atoms with Crippen molar-refractivity contribution < 1.29 is 9.53 Å². The molecule has 0 aromatic carbocycles. The number of rotatable bonds is 3. The van der Waals surface area contributed by atoms with Crippen molar-refractivity contribution in [1.29, 1.82) is 0 Å². The van der Waals surface area contributed by atoms with E-state index in [9.17, 15) is 4.79 Å². The Morgan fingerprint density at radius 1 is 1.22 bits per heavy atom. The fraction of sp³-hybridized carbons (Fsp3) is 0.923. The van der Waals surface area contributed by atoms with E-state index in [4.69, 9.17) is 4.74 Å². The van der Waals surface area contributed by atoms with Gasteiger partial charge in [-0.15, -0.1) is 12.4 Å². The fourth-order valence-electron chi connectivity index (χ4n) is 2.97. The lowest BCUT2D eigenvalue weighted by Crippen LogP contribution is -2.48. The molecule has 2 aliphatic rings. The number of piperidine rings is 2. The van der Waals surface area contributed by atoms with Gasteiger partial charge in [0.25, 0.3) is 0 Å². The molecule has 0 radical (unpaired) electrons. The average molecular weight is 277 g/mol. The van der Waals surface area contributed by atoms with Crippen molar-refractivity contribution in [3.05, 3.63) is 0 Å². The van der Waals surface area contributed by atoms with Gasteiger partial charge >= 0.3 is 0 Å². The number of ether oxygens (including phenoxy) is 1. The Balaban J connectivity index is 0.00000162. The lowest BCUT2D eigenvalue weighted by molar-refractivity contribution is -0.138. The summed E-state index contributed by atoms with van der Waals surface area (Å²) >= 11 is 0. The number of nitrogens with one attached hydrogen (secondary N) is 1. The molecule has 4 nitrogen and oxygen atoms in total. The smallest absolute Gasteiger partial charge is 0.248 e. The number of hydrogen-bond acceptors (Lipinski definition) is 3. The zero-order valence-electron chi connectivity index (χ0n) is 11.2. The van der Waals surface area contributed by atoms with Crippen LogP contribution in [0.2, 0.25) is 0 Å². The summed E-state index contributed by atoms with van der Waals surface area (Å²) in [6, 6.07) is 0. The van der Waals surface area contributed by atoms with Crippen LogP contribution in [-0.4, -0.2) is 50.2 Å². The molecule has 5 heteroatoms. The third-order valence-electron chi connectivity index (χ3n) is 4.27. The first-order valence-corrected chi connectivity index (χ1v) is 6.82. The quantitative estimate of drug-likeness (QED) is 0.848. The van der Waals surface area contributed by atoms with Crippen LogP contribution in [0.1, 0.15) is 32.6 Å². The lowest BCUT2D eigenvalue weighted by Gasteiger charge is -2.44. The molecule has 0 unspecified atom stereocenters. The van der Waals surface area contributed by atoms with Crippen molar-refractivity contribution in [2.75, 3.05) is 39.4 Å². The summed E-state index contributed by atoms with van der Waals surface area (Å²) in [6.07, 6.45) is 4.90. The molecule has 2 saturated heterocycles. The van der Waals surface area contributed by atoms with E-state index in [-0.39, 0.29) is 24.9 Å². The Morgan fingerprint density at radius 2 is 1.83 bits per heavy atom. The number of carbonyl (C=O) groups is 1. The number of amides is 1. The van der Waals surface area contributed by atoms with E-state index in [2.05, 4.69) is 5.32 Å². The SMILES string of the molecule is CCOCC(=O)N1CCC2(CCNCC2)CC1.Cl. The molecule has 0 aromatic rings. The molecule has 2 aliphatic heterocycles. The second-order valence-corrected chi connectivity index (χ2v) is 5.27. The summed E-state index contributed by atoms with van der Waals surface area (Å²) in [5.74, 6) is 0.163. The van der Waals surface area contributed by atoms with Crippen molar-refractivity contribution in [2.24, 2.45) is 5.41 Å². The van der Waals surface area contributed by atoms with Gasteiger partial charge in [-0.1, -0.05) is 0 Å². The molecule has 2 heterocycles. The van der Waals surface area contributed by atoms with Gasteiger partial charge < -0.3 is 15.0 Å². The van der Waals surface area contributed by atoms with Crippen LogP contribution in [-0.2, 0) is 9.53 Å². The largest absolute Gasteiger partial charge is 0.372 e. The van der Waals surface area contributed by atoms with Gasteiger partial charge in [-0.05, 0) is 51.1 Å². The monoisotopic (exact) mass is 276 g/mol. The third kappa shape index (κ3) is 3.84. The molecule has 106 valence electrons. The van der Waals surface area contributed by atoms with Crippen LogP contribution in [0.4, 0.5) is 0 Å². The van der Waals surface area contributed by atoms with Crippen molar-refractivity contribution in [2.45, 2.75) is 32.6 Å². The topological polar surface area (TPSA) is 41.6 Å². The zero-order valence-corrected chi connectivity index (χ0v) is 12.1. The number of likely N-dealkylation sites (tertiary alicyclic amines) is 1. The Morgan fingerprint density at radius 3 is 2.39 bits per heavy atom. The minimum absolute atomic E-state index is 0. The molecular formula is C13H25ClN2O2. The van der Waals surface area contributed by atoms with E-state index >= 15 is 0 Å². The highest BCUT2D eigenvalue weighted by atomic mass is 35.5. The van der Waals surface area contributed by atoms with Crippen LogP contribution in [0.25, 0.3) is 0 Å². The highest BCUT2D eigenvalue weighted by Crippen LogP contribution is 2.39. The lowest BCUT2D eigenvalue weighted by atomic mass is 9.71. The normalized spacial score (nSPS) is 22.6. The minimum Gasteiger partial charge on any atom is -0.372 e. The summed E-state index contributed by atoms with van der Waals surface area (Å²) in [4.78, 5) is 13.8. The second-order valence-electron chi connectivity index (χ2n) is 5.27. The van der Waals surface area contributed by atoms with Gasteiger partial charge in [0, 0.05) is 19.7 Å². The van der Waals surface area contributed by atoms with Crippen LogP contribution in [0, 0.1) is 5.41 Å². The van der Waals surface area contributed by atoms with Crippen LogP contribution < -0.4 is 5.32 Å². The number of nitrogens with zero attached hydrogens (tertiary/aromatic N) is 1. The molecule has 1 spiro atoms. The number of carbonyl (C=O) groups excluding carboxylic acids is 1. The fourth-order valence-corrected chi connectivity index (χ4v) is 2.97. The number of hydrogen-bond donors (Lipinski definition) is 1. The van der Waals surface area contributed by atoms with Crippen molar-refractivity contribution >= 4 is 18.3 Å². The van der Waals surface area contributed by atoms with Crippen molar-refractivity contribution in [3.63, 3.8) is 0 Å². The first-order chi connectivity index (χ1) is 8.26. The van der Waals surface area contributed by atoms with Crippen molar-refractivity contribution in [3.8, 4) is 0 Å². The summed E-state index contributed by atoms with van der Waals surface area (Å²) in [7, 11) is 0. The summed E-state index contributed by atoms with van der Waals surface area (Å²) in [5.41, 5.74) is 0.521. The van der Waals surface area contributed by atoms with Gasteiger partial charge in [-0.2, -0.15) is 0 Å². The summed E-state index contributed by atoms with van der Waals surface area (Å²) < 4.78 is 5.18. The van der Waals surface area contributed by atoms with Gasteiger partial charge in [0.15, 0.2) is 0 Å². The molecule has 0 aliphatic carbocycles. The molecule has 1 amide bonds. The predicted molar refractivity (Wildman–Crippen MR) is 74.1 cm³/mol. The molecule has 0 saturated carbocycles. The molecule has 1 N–H and O–H groups in total. The van der Waals surface area contributed by atoms with E-state index in [0.717, 1.165) is 26.2 Å². The maximum atomic E-state index is 11.8. The Labute approximate surface area is 116 Å². The molecule has 2 rings (SSSR count). The highest BCUT2D eigenvalue weighted by Gasteiger charge is 2.36. The first kappa shape index (κ1) is 15.7. The Kier molecular flexibility index (Phi) is 6.39. The van der Waals surface area contributed by atoms with Crippen LogP contribution >= 0.6 is 12.4 Å². The average Bonchev–Trinajstić information content (AvgIpc) is 2.38. The van der Waals surface area contributed by atoms with E-state index < -0.39 is 0 Å². The molecule has 18 heavy (non-hydrogen) atoms. The van der Waals surface area contributed by atoms with Crippen molar-refractivity contribution in [1.82, 2.24) is 10.2 Å². The van der Waals surface area contributed by atoms with Crippen LogP contribution in [0.15, 0.2) is 0 Å². The van der Waals surface area contributed by atoms with Gasteiger partial charge in [-0.3, -0.25) is 4.79 Å². The molecule has 2 fully saturated rings. The van der Waals surface area contributed by atoms with E-state index in [1.165, 1.54) is 25.7 Å². The second kappa shape index (κ2) is 7.31. The van der Waals surface area contributed by atoms with Gasteiger partial charge in [0.1, 0.15) is 6.61 Å². The maximum Gasteiger partial charge on any atom is 0.248 e. The van der Waals surface area contributed by atoms with E-state index in [0.29, 0.717) is 12.0 Å². The number of halogens is 1. The molecule has 0 atom stereocenters. The van der Waals surface area contributed by atoms with Crippen LogP contribution in [0.5, 0.6) is 0 Å². The summed E-state index contributed by atoms with van der Waals surface area (Å²) in [6.45, 7) is 6.94. The standard InChI is InChI=1S/C13H24N2O2.ClH/c1-2-17-11-12(16)15-9-5-13(6-10-15)3-7-14-8-4-13;/h14H,2-11H2,1H3;1H. The minimum atomic E-state index is 0. The zero-order chi connectivity index (χ0) is 12.1. The highest BCUT2D eigenvalue weighted by molar-refractivity contribution is 5.85. The van der Waals surface area contributed by atoms with Crippen LogP contribution in [0.3, 0.4) is 0 Å². The first-order valence-electron chi connectivity index (χ1n) is 6.82. The Hall–Kier alpha value is -0.320. The van der Waals surface area contributed by atoms with Gasteiger partial charge in [0.05, 0.1) is 0 Å². The van der Waals surface area contributed by atoms with Gasteiger partial charge in [0.2, 0.25) is 5.91 Å². The molecular weight excluding hydrogens is 252 g/mol. The predicted octanol–water partition coefficient (Wildman–Crippen LogP) is 1.44. The van der Waals surface area contributed by atoms with E-state index in [1.807, 2.05) is 11.8 Å². The molecule has 0 bridgehead atoms. The van der Waals surface area contributed by atoms with Gasteiger partial charge in [-0.25, -0.2) is 0 Å². The maximum absolute atomic E-state index is 11.8. The third-order valence-corrected chi connectivity index (χ3v) is 4.27.